The molecule has 0 aliphatic carbocycles. The van der Waals surface area contributed by atoms with E-state index in [4.69, 9.17) is 0 Å². The Labute approximate surface area is 139 Å². The highest BCUT2D eigenvalue weighted by molar-refractivity contribution is 7.74. The van der Waals surface area contributed by atoms with E-state index in [2.05, 4.69) is 20.8 Å². The van der Waals surface area contributed by atoms with E-state index in [0.29, 0.717) is 12.0 Å². The monoisotopic (exact) mass is 373 g/mol. The Bertz CT molecular complexity index is 429. The molecule has 23 heavy (non-hydrogen) atoms. The molecule has 0 amide bonds. The number of hydrogen-bond donors (Lipinski definition) is 4. The third kappa shape index (κ3) is 8.26. The van der Waals surface area contributed by atoms with Crippen molar-refractivity contribution in [3.8, 4) is 0 Å². The lowest BCUT2D eigenvalue weighted by atomic mass is 9.89. The van der Waals surface area contributed by atoms with Crippen molar-refractivity contribution in [2.75, 3.05) is 26.8 Å². The highest BCUT2D eigenvalue weighted by Gasteiger charge is 2.56. The van der Waals surface area contributed by atoms with Gasteiger partial charge in [-0.25, -0.2) is 0 Å². The molecule has 0 saturated heterocycles. The smallest absolute Gasteiger partial charge is 0.366 e. The average Bonchev–Trinajstić information content (AvgIpc) is 2.31. The van der Waals surface area contributed by atoms with Gasteiger partial charge < -0.3 is 24.7 Å². The molecule has 2 unspecified atom stereocenters. The zero-order valence-electron chi connectivity index (χ0n) is 14.9. The van der Waals surface area contributed by atoms with Crippen LogP contribution in [0.5, 0.6) is 0 Å². The van der Waals surface area contributed by atoms with E-state index in [1.807, 2.05) is 4.90 Å². The maximum atomic E-state index is 11.7. The SMILES string of the molecule is CN(CCCCCC(C)(C)C)CCC(O)(P(C)(=O)O)P(=O)(O)O. The van der Waals surface area contributed by atoms with Crippen LogP contribution in [0.1, 0.15) is 52.9 Å². The fourth-order valence-electron chi connectivity index (χ4n) is 2.26. The van der Waals surface area contributed by atoms with E-state index in [-0.39, 0.29) is 6.54 Å². The van der Waals surface area contributed by atoms with Crippen molar-refractivity contribution >= 4 is 15.0 Å². The summed E-state index contributed by atoms with van der Waals surface area (Å²) in [6.45, 7) is 8.21. The lowest BCUT2D eigenvalue weighted by Crippen LogP contribution is -2.34. The van der Waals surface area contributed by atoms with E-state index in [1.54, 1.807) is 7.05 Å². The van der Waals surface area contributed by atoms with Crippen molar-refractivity contribution < 1.29 is 28.9 Å². The molecule has 0 spiro atoms. The lowest BCUT2D eigenvalue weighted by molar-refractivity contribution is 0.128. The normalized spacial score (nSPS) is 18.7. The topological polar surface area (TPSA) is 118 Å². The maximum Gasteiger partial charge on any atom is 0.366 e. The van der Waals surface area contributed by atoms with Crippen LogP contribution in [0.2, 0.25) is 0 Å². The first-order valence-corrected chi connectivity index (χ1v) is 11.6. The molecule has 0 aromatic rings. The molecule has 4 N–H and O–H groups in total. The number of aliphatic hydroxyl groups is 1. The van der Waals surface area contributed by atoms with Gasteiger partial charge in [-0.15, -0.1) is 0 Å². The molecule has 0 bridgehead atoms. The molecule has 7 nitrogen and oxygen atoms in total. The van der Waals surface area contributed by atoms with E-state index in [1.165, 1.54) is 0 Å². The largest absolute Gasteiger partial charge is 0.369 e. The second kappa shape index (κ2) is 8.57. The van der Waals surface area contributed by atoms with Crippen LogP contribution in [-0.4, -0.2) is 56.6 Å². The molecule has 0 aromatic carbocycles. The van der Waals surface area contributed by atoms with Gasteiger partial charge in [-0.05, 0) is 31.8 Å². The Hall–Kier alpha value is 0.260. The summed E-state index contributed by atoms with van der Waals surface area (Å²) in [6, 6.07) is 0. The Morgan fingerprint density at radius 2 is 1.43 bits per heavy atom. The Kier molecular flexibility index (Phi) is 8.67. The minimum atomic E-state index is -5.10. The number of unbranched alkanes of at least 4 members (excludes halogenated alkanes) is 2. The van der Waals surface area contributed by atoms with Gasteiger partial charge in [0, 0.05) is 19.6 Å². The lowest BCUT2D eigenvalue weighted by Gasteiger charge is -2.32. The van der Waals surface area contributed by atoms with Crippen molar-refractivity contribution in [3.63, 3.8) is 0 Å². The van der Waals surface area contributed by atoms with Gasteiger partial charge in [0.05, 0.1) is 0 Å². The van der Waals surface area contributed by atoms with Crippen LogP contribution in [-0.2, 0) is 9.13 Å². The predicted molar refractivity (Wildman–Crippen MR) is 92.8 cm³/mol. The van der Waals surface area contributed by atoms with E-state index < -0.39 is 26.5 Å². The minimum Gasteiger partial charge on any atom is -0.369 e. The van der Waals surface area contributed by atoms with Crippen molar-refractivity contribution in [2.45, 2.75) is 58.0 Å². The standard InChI is InChI=1S/C14H33NO6P2/c1-13(2,3)9-7-6-8-11-15(4)12-10-14(16,22(5,17)18)23(19,20)21/h16H,6-12H2,1-5H3,(H,17,18)(H2,19,20,21). The summed E-state index contributed by atoms with van der Waals surface area (Å²) in [7, 11) is -7.69. The highest BCUT2D eigenvalue weighted by atomic mass is 31.2. The second-order valence-corrected chi connectivity index (χ2v) is 12.3. The summed E-state index contributed by atoms with van der Waals surface area (Å²) in [5.41, 5.74) is 0.315. The molecule has 0 fully saturated rings. The van der Waals surface area contributed by atoms with Gasteiger partial charge in [0.15, 0.2) is 0 Å². The summed E-state index contributed by atoms with van der Waals surface area (Å²) in [4.78, 5) is 29.8. The molecule has 0 aliphatic heterocycles. The van der Waals surface area contributed by atoms with Crippen molar-refractivity contribution in [1.29, 1.82) is 0 Å². The molecule has 0 saturated carbocycles. The Balaban J connectivity index is 4.33. The first-order valence-electron chi connectivity index (χ1n) is 7.87. The van der Waals surface area contributed by atoms with Crippen LogP contribution in [0.25, 0.3) is 0 Å². The van der Waals surface area contributed by atoms with Crippen LogP contribution < -0.4 is 0 Å². The van der Waals surface area contributed by atoms with Gasteiger partial charge in [-0.3, -0.25) is 9.13 Å². The molecule has 0 aromatic heterocycles. The van der Waals surface area contributed by atoms with Gasteiger partial charge in [-0.2, -0.15) is 0 Å². The molecule has 0 radical (unpaired) electrons. The van der Waals surface area contributed by atoms with Crippen LogP contribution in [0, 0.1) is 5.41 Å². The molecule has 9 heteroatoms. The molecule has 0 aliphatic rings. The molecule has 0 rings (SSSR count). The fraction of sp³-hybridized carbons (Fsp3) is 1.00. The van der Waals surface area contributed by atoms with Gasteiger partial charge in [0.2, 0.25) is 12.5 Å². The first kappa shape index (κ1) is 23.3. The Morgan fingerprint density at radius 1 is 0.913 bits per heavy atom. The molecular weight excluding hydrogens is 340 g/mol. The first-order chi connectivity index (χ1) is 10.1. The van der Waals surface area contributed by atoms with Crippen LogP contribution in [0.15, 0.2) is 0 Å². The number of rotatable bonds is 10. The summed E-state index contributed by atoms with van der Waals surface area (Å²) < 4.78 is 23.1. The van der Waals surface area contributed by atoms with Crippen molar-refractivity contribution in [2.24, 2.45) is 5.41 Å². The predicted octanol–water partition coefficient (Wildman–Crippen LogP) is 2.64. The van der Waals surface area contributed by atoms with Crippen LogP contribution >= 0.6 is 15.0 Å². The van der Waals surface area contributed by atoms with E-state index in [0.717, 1.165) is 32.3 Å². The quantitative estimate of drug-likeness (QED) is 0.343. The van der Waals surface area contributed by atoms with E-state index >= 15 is 0 Å². The zero-order valence-corrected chi connectivity index (χ0v) is 16.7. The highest BCUT2D eigenvalue weighted by Crippen LogP contribution is 2.69. The van der Waals surface area contributed by atoms with Gasteiger partial charge >= 0.3 is 7.60 Å². The van der Waals surface area contributed by atoms with Gasteiger partial charge in [-0.1, -0.05) is 33.6 Å². The van der Waals surface area contributed by atoms with Crippen molar-refractivity contribution in [1.82, 2.24) is 4.90 Å². The summed E-state index contributed by atoms with van der Waals surface area (Å²) >= 11 is 0. The Morgan fingerprint density at radius 3 is 1.83 bits per heavy atom. The average molecular weight is 373 g/mol. The maximum absolute atomic E-state index is 11.7. The van der Waals surface area contributed by atoms with Gasteiger partial charge in [0.1, 0.15) is 0 Å². The zero-order chi connectivity index (χ0) is 18.5. The third-order valence-electron chi connectivity index (χ3n) is 3.93. The summed E-state index contributed by atoms with van der Waals surface area (Å²) in [5, 5.41) is 7.15. The minimum absolute atomic E-state index is 0.138. The van der Waals surface area contributed by atoms with Crippen LogP contribution in [0.4, 0.5) is 0 Å². The number of nitrogens with zero attached hydrogens (tertiary/aromatic N) is 1. The summed E-state index contributed by atoms with van der Waals surface area (Å²) in [5.74, 6) is 0. The van der Waals surface area contributed by atoms with E-state index in [9.17, 15) is 28.9 Å². The van der Waals surface area contributed by atoms with Gasteiger partial charge in [0.25, 0.3) is 0 Å². The molecular formula is C14H33NO6P2. The van der Waals surface area contributed by atoms with Crippen LogP contribution in [0.3, 0.4) is 0 Å². The third-order valence-corrected chi connectivity index (χ3v) is 8.53. The van der Waals surface area contributed by atoms with Crippen molar-refractivity contribution in [3.05, 3.63) is 0 Å². The fourth-order valence-corrected chi connectivity index (χ4v) is 5.10. The molecule has 140 valence electrons. The second-order valence-electron chi connectivity index (χ2n) is 7.62. The molecule has 2 atom stereocenters. The number of hydrogen-bond acceptors (Lipinski definition) is 4. The molecule has 0 heterocycles. The summed E-state index contributed by atoms with van der Waals surface area (Å²) in [6.07, 6.45) is 3.79.